The van der Waals surface area contributed by atoms with E-state index in [4.69, 9.17) is 4.74 Å². The highest BCUT2D eigenvalue weighted by Crippen LogP contribution is 2.34. The van der Waals surface area contributed by atoms with E-state index in [1.807, 2.05) is 31.2 Å². The predicted molar refractivity (Wildman–Crippen MR) is 112 cm³/mol. The second kappa shape index (κ2) is 7.80. The minimum atomic E-state index is -3.70. The molecule has 2 heterocycles. The lowest BCUT2D eigenvalue weighted by Crippen LogP contribution is -2.42. The molecule has 2 aromatic carbocycles. The van der Waals surface area contributed by atoms with Gasteiger partial charge >= 0.3 is 0 Å². The summed E-state index contributed by atoms with van der Waals surface area (Å²) in [6, 6.07) is 12.6. The van der Waals surface area contributed by atoms with Crippen LogP contribution in [0.25, 0.3) is 0 Å². The van der Waals surface area contributed by atoms with Crippen LogP contribution in [0, 0.1) is 0 Å². The highest BCUT2D eigenvalue weighted by molar-refractivity contribution is 7.89. The number of carbonyl (C=O) groups is 1. The summed E-state index contributed by atoms with van der Waals surface area (Å²) in [6.45, 7) is 3.03. The number of para-hydroxylation sites is 1. The van der Waals surface area contributed by atoms with E-state index in [9.17, 15) is 13.2 Å². The Balaban J connectivity index is 1.75. The van der Waals surface area contributed by atoms with Gasteiger partial charge in [0, 0.05) is 30.4 Å². The van der Waals surface area contributed by atoms with E-state index in [-0.39, 0.29) is 22.6 Å². The number of hydrogen-bond donors (Lipinski definition) is 0. The zero-order chi connectivity index (χ0) is 20.6. The molecule has 1 fully saturated rings. The fraction of sp³-hybridized carbons (Fsp3) is 0.409. The van der Waals surface area contributed by atoms with E-state index in [0.29, 0.717) is 18.7 Å². The SMILES string of the molecule is COc1ccc(C(=O)N2c3ccccc3CC[C@@H]2C)cc1S(=O)(=O)N1CCCC1. The normalized spacial score (nSPS) is 19.8. The molecule has 0 unspecified atom stereocenters. The van der Waals surface area contributed by atoms with Crippen LogP contribution in [0.3, 0.4) is 0 Å². The number of amides is 1. The molecule has 2 aliphatic rings. The minimum absolute atomic E-state index is 0.0399. The van der Waals surface area contributed by atoms with Crippen molar-refractivity contribution in [2.24, 2.45) is 0 Å². The van der Waals surface area contributed by atoms with Gasteiger partial charge in [0.2, 0.25) is 10.0 Å². The third kappa shape index (κ3) is 3.53. The van der Waals surface area contributed by atoms with Gasteiger partial charge in [-0.3, -0.25) is 4.79 Å². The first-order chi connectivity index (χ1) is 13.9. The smallest absolute Gasteiger partial charge is 0.258 e. The first-order valence-electron chi connectivity index (χ1n) is 10.0. The lowest BCUT2D eigenvalue weighted by molar-refractivity contribution is 0.0975. The number of carbonyl (C=O) groups excluding carboxylic acids is 1. The van der Waals surface area contributed by atoms with E-state index in [1.54, 1.807) is 17.0 Å². The van der Waals surface area contributed by atoms with Crippen LogP contribution in [-0.4, -0.2) is 44.9 Å². The maximum Gasteiger partial charge on any atom is 0.258 e. The van der Waals surface area contributed by atoms with Gasteiger partial charge in [-0.1, -0.05) is 18.2 Å². The summed E-state index contributed by atoms with van der Waals surface area (Å²) in [5.74, 6) is 0.0747. The molecule has 0 aliphatic carbocycles. The zero-order valence-corrected chi connectivity index (χ0v) is 17.6. The molecule has 0 saturated carbocycles. The Labute approximate surface area is 172 Å². The van der Waals surface area contributed by atoms with Gasteiger partial charge in [-0.05, 0) is 62.4 Å². The van der Waals surface area contributed by atoms with Crippen LogP contribution in [0.5, 0.6) is 5.75 Å². The van der Waals surface area contributed by atoms with Crippen LogP contribution < -0.4 is 9.64 Å². The predicted octanol–water partition coefficient (Wildman–Crippen LogP) is 3.46. The Morgan fingerprint density at radius 3 is 2.55 bits per heavy atom. The molecule has 1 saturated heterocycles. The minimum Gasteiger partial charge on any atom is -0.495 e. The van der Waals surface area contributed by atoms with E-state index in [0.717, 1.165) is 36.9 Å². The number of aryl methyl sites for hydroxylation is 1. The van der Waals surface area contributed by atoms with E-state index >= 15 is 0 Å². The van der Waals surface area contributed by atoms with Gasteiger partial charge in [-0.15, -0.1) is 0 Å². The van der Waals surface area contributed by atoms with Crippen LogP contribution in [-0.2, 0) is 16.4 Å². The fourth-order valence-corrected chi connectivity index (χ4v) is 5.91. The average Bonchev–Trinajstić information content (AvgIpc) is 3.28. The number of hydrogen-bond acceptors (Lipinski definition) is 4. The standard InChI is InChI=1S/C22H26N2O4S/c1-16-9-10-17-7-3-4-8-19(17)24(16)22(25)18-11-12-20(28-2)21(15-18)29(26,27)23-13-5-6-14-23/h3-4,7-8,11-12,15-16H,5-6,9-10,13-14H2,1-2H3/t16-/m0/s1. The molecular formula is C22H26N2O4S. The molecular weight excluding hydrogens is 388 g/mol. The summed E-state index contributed by atoms with van der Waals surface area (Å²) in [4.78, 5) is 15.3. The van der Waals surface area contributed by atoms with Crippen LogP contribution >= 0.6 is 0 Å². The number of sulfonamides is 1. The van der Waals surface area contributed by atoms with Gasteiger partial charge in [-0.2, -0.15) is 4.31 Å². The summed E-state index contributed by atoms with van der Waals surface area (Å²) in [7, 11) is -2.26. The van der Waals surface area contributed by atoms with Crippen molar-refractivity contribution in [3.8, 4) is 5.75 Å². The topological polar surface area (TPSA) is 66.9 Å². The Morgan fingerprint density at radius 2 is 1.83 bits per heavy atom. The molecule has 2 aromatic rings. The summed E-state index contributed by atoms with van der Waals surface area (Å²) in [6.07, 6.45) is 3.50. The van der Waals surface area contributed by atoms with E-state index < -0.39 is 10.0 Å². The number of rotatable bonds is 4. The second-order valence-electron chi connectivity index (χ2n) is 7.67. The van der Waals surface area contributed by atoms with Crippen molar-refractivity contribution >= 4 is 21.6 Å². The largest absolute Gasteiger partial charge is 0.495 e. The second-order valence-corrected chi connectivity index (χ2v) is 9.57. The monoisotopic (exact) mass is 414 g/mol. The lowest BCUT2D eigenvalue weighted by atomic mass is 9.96. The molecule has 6 nitrogen and oxygen atoms in total. The van der Waals surface area contributed by atoms with Crippen molar-refractivity contribution in [1.29, 1.82) is 0 Å². The summed E-state index contributed by atoms with van der Waals surface area (Å²) < 4.78 is 33.1. The molecule has 7 heteroatoms. The quantitative estimate of drug-likeness (QED) is 0.768. The summed E-state index contributed by atoms with van der Waals surface area (Å²) in [5.41, 5.74) is 2.39. The summed E-state index contributed by atoms with van der Waals surface area (Å²) >= 11 is 0. The van der Waals surface area contributed by atoms with Crippen molar-refractivity contribution in [2.45, 2.75) is 43.5 Å². The van der Waals surface area contributed by atoms with Crippen molar-refractivity contribution < 1.29 is 17.9 Å². The molecule has 0 bridgehead atoms. The van der Waals surface area contributed by atoms with Crippen LogP contribution in [0.4, 0.5) is 5.69 Å². The first kappa shape index (κ1) is 19.9. The third-order valence-corrected chi connectivity index (χ3v) is 7.76. The van der Waals surface area contributed by atoms with E-state index in [1.165, 1.54) is 17.5 Å². The number of benzene rings is 2. The number of ether oxygens (including phenoxy) is 1. The molecule has 0 N–H and O–H groups in total. The number of anilines is 1. The Morgan fingerprint density at radius 1 is 1.10 bits per heavy atom. The van der Waals surface area contributed by atoms with Crippen molar-refractivity contribution in [2.75, 3.05) is 25.1 Å². The Bertz CT molecular complexity index is 1030. The average molecular weight is 415 g/mol. The lowest BCUT2D eigenvalue weighted by Gasteiger charge is -2.35. The van der Waals surface area contributed by atoms with Gasteiger partial charge in [-0.25, -0.2) is 8.42 Å². The van der Waals surface area contributed by atoms with Crippen molar-refractivity contribution in [3.63, 3.8) is 0 Å². The van der Waals surface area contributed by atoms with Gasteiger partial charge < -0.3 is 9.64 Å². The summed E-state index contributed by atoms with van der Waals surface area (Å²) in [5, 5.41) is 0. The highest BCUT2D eigenvalue weighted by atomic mass is 32.2. The van der Waals surface area contributed by atoms with Crippen LogP contribution in [0.2, 0.25) is 0 Å². The van der Waals surface area contributed by atoms with Crippen LogP contribution in [0.15, 0.2) is 47.4 Å². The maximum atomic E-state index is 13.4. The molecule has 0 aromatic heterocycles. The molecule has 4 rings (SSSR count). The molecule has 1 atom stereocenters. The highest BCUT2D eigenvalue weighted by Gasteiger charge is 2.33. The molecule has 154 valence electrons. The third-order valence-electron chi connectivity index (χ3n) is 5.84. The molecule has 0 spiro atoms. The van der Waals surface area contributed by atoms with Gasteiger partial charge in [0.1, 0.15) is 10.6 Å². The Hall–Kier alpha value is -2.38. The zero-order valence-electron chi connectivity index (χ0n) is 16.8. The first-order valence-corrected chi connectivity index (χ1v) is 11.5. The van der Waals surface area contributed by atoms with Crippen molar-refractivity contribution in [1.82, 2.24) is 4.31 Å². The number of methoxy groups -OCH3 is 1. The number of nitrogens with zero attached hydrogens (tertiary/aromatic N) is 2. The molecule has 0 radical (unpaired) electrons. The fourth-order valence-electron chi connectivity index (χ4n) is 4.22. The number of fused-ring (bicyclic) bond motifs is 1. The van der Waals surface area contributed by atoms with Gasteiger partial charge in [0.25, 0.3) is 5.91 Å². The van der Waals surface area contributed by atoms with Crippen LogP contribution in [0.1, 0.15) is 42.1 Å². The molecule has 2 aliphatic heterocycles. The van der Waals surface area contributed by atoms with E-state index in [2.05, 4.69) is 0 Å². The van der Waals surface area contributed by atoms with Crippen molar-refractivity contribution in [3.05, 3.63) is 53.6 Å². The molecule has 1 amide bonds. The van der Waals surface area contributed by atoms with Gasteiger partial charge in [0.15, 0.2) is 0 Å². The molecule has 29 heavy (non-hydrogen) atoms. The Kier molecular flexibility index (Phi) is 5.36. The maximum absolute atomic E-state index is 13.4. The van der Waals surface area contributed by atoms with Gasteiger partial charge in [0.05, 0.1) is 7.11 Å².